The highest BCUT2D eigenvalue weighted by atomic mass is 32.2. The van der Waals surface area contributed by atoms with Gasteiger partial charge in [-0.1, -0.05) is 30.3 Å². The molecule has 28 heavy (non-hydrogen) atoms. The Labute approximate surface area is 160 Å². The summed E-state index contributed by atoms with van der Waals surface area (Å²) in [6, 6.07) is 18.6. The summed E-state index contributed by atoms with van der Waals surface area (Å²) in [5.41, 5.74) is 0.202. The second-order valence-corrected chi connectivity index (χ2v) is 8.18. The first-order chi connectivity index (χ1) is 13.3. The Kier molecular flexibility index (Phi) is 4.24. The van der Waals surface area contributed by atoms with Crippen LogP contribution in [0.1, 0.15) is 15.9 Å². The lowest BCUT2D eigenvalue weighted by molar-refractivity contribution is 0.103. The first kappa shape index (κ1) is 17.9. The van der Waals surface area contributed by atoms with Gasteiger partial charge in [-0.3, -0.25) is 9.52 Å². The minimum Gasteiger partial charge on any atom is -0.422 e. The van der Waals surface area contributed by atoms with Gasteiger partial charge in [0.2, 0.25) is 10.0 Å². The number of benzene rings is 3. The summed E-state index contributed by atoms with van der Waals surface area (Å²) >= 11 is 0. The van der Waals surface area contributed by atoms with Gasteiger partial charge in [0.1, 0.15) is 11.1 Å². The molecular weight excluding hydrogens is 378 g/mol. The summed E-state index contributed by atoms with van der Waals surface area (Å²) in [5, 5.41) is 2.53. The molecule has 0 unspecified atom stereocenters. The molecule has 4 aromatic rings. The third kappa shape index (κ3) is 3.39. The van der Waals surface area contributed by atoms with Crippen molar-refractivity contribution in [3.8, 4) is 0 Å². The number of carbonyl (C=O) groups excluding carboxylic acids is 1. The van der Waals surface area contributed by atoms with Crippen LogP contribution in [0.2, 0.25) is 0 Å². The topological polar surface area (TPSA) is 93.4 Å². The molecule has 1 heterocycles. The lowest BCUT2D eigenvalue weighted by Crippen LogP contribution is -2.15. The molecule has 3 aromatic carbocycles. The predicted octanol–water partition coefficient (Wildman–Crippen LogP) is 3.55. The third-order valence-corrected chi connectivity index (χ3v) is 4.94. The first-order valence-corrected chi connectivity index (χ1v) is 10.3. The van der Waals surface area contributed by atoms with Crippen LogP contribution in [0.4, 0.5) is 5.69 Å². The predicted molar refractivity (Wildman–Crippen MR) is 108 cm³/mol. The summed E-state index contributed by atoms with van der Waals surface area (Å²) in [5.74, 6) is -0.491. The van der Waals surface area contributed by atoms with Gasteiger partial charge in [0, 0.05) is 16.6 Å². The van der Waals surface area contributed by atoms with Crippen LogP contribution in [0.3, 0.4) is 0 Å². The van der Waals surface area contributed by atoms with Crippen molar-refractivity contribution in [2.24, 2.45) is 0 Å². The van der Waals surface area contributed by atoms with E-state index in [9.17, 15) is 18.0 Å². The van der Waals surface area contributed by atoms with Crippen molar-refractivity contribution in [1.82, 2.24) is 0 Å². The second kappa shape index (κ2) is 6.61. The van der Waals surface area contributed by atoms with Crippen molar-refractivity contribution in [3.63, 3.8) is 0 Å². The van der Waals surface area contributed by atoms with Crippen molar-refractivity contribution in [1.29, 1.82) is 0 Å². The summed E-state index contributed by atoms with van der Waals surface area (Å²) in [4.78, 5) is 25.2. The van der Waals surface area contributed by atoms with Gasteiger partial charge in [0.25, 0.3) is 0 Å². The Hall–Kier alpha value is -3.45. The number of hydrogen-bond acceptors (Lipinski definition) is 5. The molecule has 0 atom stereocenters. The van der Waals surface area contributed by atoms with Crippen molar-refractivity contribution in [2.75, 3.05) is 11.0 Å². The van der Waals surface area contributed by atoms with Crippen LogP contribution in [-0.2, 0) is 10.0 Å². The molecule has 0 radical (unpaired) electrons. The number of sulfonamides is 1. The van der Waals surface area contributed by atoms with E-state index in [1.807, 2.05) is 30.3 Å². The number of nitrogens with one attached hydrogen (secondary N) is 1. The van der Waals surface area contributed by atoms with Crippen LogP contribution in [0.15, 0.2) is 75.9 Å². The second-order valence-electron chi connectivity index (χ2n) is 6.43. The van der Waals surface area contributed by atoms with E-state index in [-0.39, 0.29) is 11.1 Å². The highest BCUT2D eigenvalue weighted by molar-refractivity contribution is 7.92. The fourth-order valence-electron chi connectivity index (χ4n) is 3.09. The van der Waals surface area contributed by atoms with E-state index in [1.165, 1.54) is 24.3 Å². The van der Waals surface area contributed by atoms with Gasteiger partial charge < -0.3 is 4.42 Å². The van der Waals surface area contributed by atoms with Gasteiger partial charge >= 0.3 is 5.63 Å². The average molecular weight is 393 g/mol. The molecule has 0 aliphatic heterocycles. The summed E-state index contributed by atoms with van der Waals surface area (Å²) in [6.07, 6.45) is 1.04. The lowest BCUT2D eigenvalue weighted by Gasteiger charge is -2.07. The molecule has 4 rings (SSSR count). The molecular formula is C21H15NO5S. The SMILES string of the molecule is CS(=O)(=O)Nc1ccc(C(=O)c2cc3c(ccc4ccccc43)oc2=O)cc1. The van der Waals surface area contributed by atoms with Crippen LogP contribution in [0.5, 0.6) is 0 Å². The van der Waals surface area contributed by atoms with Crippen LogP contribution in [0, 0.1) is 0 Å². The molecule has 140 valence electrons. The molecule has 1 N–H and O–H groups in total. The molecule has 1 aromatic heterocycles. The third-order valence-electron chi connectivity index (χ3n) is 4.34. The number of hydrogen-bond donors (Lipinski definition) is 1. The van der Waals surface area contributed by atoms with Crippen LogP contribution in [-0.4, -0.2) is 20.5 Å². The van der Waals surface area contributed by atoms with Crippen LogP contribution >= 0.6 is 0 Å². The van der Waals surface area contributed by atoms with E-state index in [1.54, 1.807) is 12.1 Å². The Morgan fingerprint density at radius 2 is 1.64 bits per heavy atom. The Balaban J connectivity index is 1.79. The molecule has 0 aliphatic carbocycles. The van der Waals surface area contributed by atoms with Crippen molar-refractivity contribution in [3.05, 3.63) is 88.3 Å². The van der Waals surface area contributed by atoms with Gasteiger partial charge in [-0.15, -0.1) is 0 Å². The first-order valence-electron chi connectivity index (χ1n) is 8.40. The van der Waals surface area contributed by atoms with Gasteiger partial charge in [-0.2, -0.15) is 0 Å². The number of ketones is 1. The van der Waals surface area contributed by atoms with E-state index in [0.29, 0.717) is 16.7 Å². The monoisotopic (exact) mass is 393 g/mol. The van der Waals surface area contributed by atoms with Gasteiger partial charge in [-0.25, -0.2) is 13.2 Å². The maximum Gasteiger partial charge on any atom is 0.347 e. The largest absolute Gasteiger partial charge is 0.422 e. The molecule has 0 saturated carbocycles. The number of carbonyl (C=O) groups is 1. The highest BCUT2D eigenvalue weighted by Gasteiger charge is 2.17. The zero-order valence-electron chi connectivity index (χ0n) is 14.8. The molecule has 6 nitrogen and oxygen atoms in total. The maximum absolute atomic E-state index is 12.8. The average Bonchev–Trinajstić information content (AvgIpc) is 2.66. The molecule has 0 amide bonds. The van der Waals surface area contributed by atoms with Gasteiger partial charge in [0.05, 0.1) is 6.26 Å². The zero-order valence-corrected chi connectivity index (χ0v) is 15.6. The van der Waals surface area contributed by atoms with Gasteiger partial charge in [0.15, 0.2) is 5.78 Å². The fourth-order valence-corrected chi connectivity index (χ4v) is 3.65. The summed E-state index contributed by atoms with van der Waals surface area (Å²) in [7, 11) is -3.41. The fraction of sp³-hybridized carbons (Fsp3) is 0.0476. The van der Waals surface area contributed by atoms with E-state index in [0.717, 1.165) is 17.0 Å². The molecule has 0 bridgehead atoms. The lowest BCUT2D eigenvalue weighted by atomic mass is 10.0. The normalized spacial score (nSPS) is 11.6. The number of rotatable bonds is 4. The van der Waals surface area contributed by atoms with E-state index >= 15 is 0 Å². The smallest absolute Gasteiger partial charge is 0.347 e. The Morgan fingerprint density at radius 3 is 2.36 bits per heavy atom. The zero-order chi connectivity index (χ0) is 19.9. The van der Waals surface area contributed by atoms with Crippen LogP contribution < -0.4 is 10.3 Å². The van der Waals surface area contributed by atoms with E-state index in [2.05, 4.69) is 4.72 Å². The van der Waals surface area contributed by atoms with E-state index < -0.39 is 21.4 Å². The Bertz CT molecular complexity index is 1390. The van der Waals surface area contributed by atoms with Crippen molar-refractivity contribution >= 4 is 43.2 Å². The molecule has 0 spiro atoms. The number of fused-ring (bicyclic) bond motifs is 3. The molecule has 7 heteroatoms. The maximum atomic E-state index is 12.8. The molecule has 0 saturated heterocycles. The molecule has 0 fully saturated rings. The minimum atomic E-state index is -3.41. The van der Waals surface area contributed by atoms with Crippen LogP contribution in [0.25, 0.3) is 21.7 Å². The quantitative estimate of drug-likeness (QED) is 0.325. The van der Waals surface area contributed by atoms with E-state index in [4.69, 9.17) is 4.42 Å². The van der Waals surface area contributed by atoms with Crippen molar-refractivity contribution < 1.29 is 17.6 Å². The molecule has 0 aliphatic rings. The minimum absolute atomic E-state index is 0.0762. The Morgan fingerprint density at radius 1 is 0.929 bits per heavy atom. The summed E-state index contributed by atoms with van der Waals surface area (Å²) < 4.78 is 30.3. The van der Waals surface area contributed by atoms with Gasteiger partial charge in [-0.05, 0) is 47.2 Å². The standard InChI is InChI=1S/C21H15NO5S/c1-28(25,26)22-15-9-6-14(7-10-15)20(23)18-12-17-16-5-3-2-4-13(16)8-11-19(17)27-21(18)24/h2-12,22H,1H3. The summed E-state index contributed by atoms with van der Waals surface area (Å²) in [6.45, 7) is 0. The van der Waals surface area contributed by atoms with Crippen molar-refractivity contribution in [2.45, 2.75) is 0 Å². The number of anilines is 1. The highest BCUT2D eigenvalue weighted by Crippen LogP contribution is 2.25.